The molecule has 0 aromatic carbocycles. The predicted octanol–water partition coefficient (Wildman–Crippen LogP) is 0.657. The fraction of sp³-hybridized carbons (Fsp3) is 1.00. The Bertz CT molecular complexity index is 197. The monoisotopic (exact) mass is 236 g/mol. The number of thioether (sulfide) groups is 1. The molecule has 1 aliphatic rings. The highest BCUT2D eigenvalue weighted by Gasteiger charge is 2.54. The summed E-state index contributed by atoms with van der Waals surface area (Å²) in [4.78, 5) is 0. The van der Waals surface area contributed by atoms with Gasteiger partial charge in [0.1, 0.15) is 0 Å². The Morgan fingerprint density at radius 3 is 1.64 bits per heavy atom. The van der Waals surface area contributed by atoms with Crippen LogP contribution in [0.4, 0.5) is 17.6 Å². The van der Waals surface area contributed by atoms with Gasteiger partial charge in [-0.2, -0.15) is 11.8 Å². The first-order valence-electron chi connectivity index (χ1n) is 3.59. The van der Waals surface area contributed by atoms with Gasteiger partial charge in [0.05, 0.1) is 11.5 Å². The Balaban J connectivity index is 2.78. The summed E-state index contributed by atoms with van der Waals surface area (Å²) in [5.74, 6) is -7.12. The van der Waals surface area contributed by atoms with Gasteiger partial charge >= 0.3 is 0 Å². The van der Waals surface area contributed by atoms with Gasteiger partial charge in [-0.3, -0.25) is 0 Å². The number of hydrogen-bond acceptors (Lipinski definition) is 4. The minimum absolute atomic E-state index is 0.556. The van der Waals surface area contributed by atoms with Crippen LogP contribution < -0.4 is 0 Å². The highest BCUT2D eigenvalue weighted by molar-refractivity contribution is 7.99. The third kappa shape index (κ3) is 2.13. The molecule has 1 fully saturated rings. The molecule has 0 aromatic heterocycles. The maximum Gasteiger partial charge on any atom is 0.292 e. The molecule has 0 amide bonds. The number of halogens is 4. The molecule has 14 heavy (non-hydrogen) atoms. The van der Waals surface area contributed by atoms with Crippen LogP contribution in [0.3, 0.4) is 0 Å². The van der Waals surface area contributed by atoms with Crippen molar-refractivity contribution >= 4 is 11.8 Å². The fourth-order valence-electron chi connectivity index (χ4n) is 0.924. The molecule has 0 spiro atoms. The Morgan fingerprint density at radius 2 is 1.36 bits per heavy atom. The second kappa shape index (κ2) is 3.84. The Kier molecular flexibility index (Phi) is 3.30. The van der Waals surface area contributed by atoms with E-state index in [1.807, 2.05) is 0 Å². The van der Waals surface area contributed by atoms with Crippen molar-refractivity contribution in [3.8, 4) is 0 Å². The lowest BCUT2D eigenvalue weighted by molar-refractivity contribution is -0.378. The quantitative estimate of drug-likeness (QED) is 0.691. The van der Waals surface area contributed by atoms with Gasteiger partial charge in [0.15, 0.2) is 0 Å². The Labute approximate surface area is 81.0 Å². The van der Waals surface area contributed by atoms with Crippen molar-refractivity contribution in [3.05, 3.63) is 0 Å². The summed E-state index contributed by atoms with van der Waals surface area (Å²) in [5, 5.41) is 18.1. The van der Waals surface area contributed by atoms with Crippen molar-refractivity contribution in [1.29, 1.82) is 0 Å². The van der Waals surface area contributed by atoms with Crippen LogP contribution in [0.25, 0.3) is 0 Å². The zero-order valence-electron chi connectivity index (χ0n) is 6.79. The second-order valence-electron chi connectivity index (χ2n) is 2.89. The van der Waals surface area contributed by atoms with Crippen LogP contribution in [0, 0.1) is 0 Å². The van der Waals surface area contributed by atoms with E-state index >= 15 is 0 Å². The highest BCUT2D eigenvalue weighted by Crippen LogP contribution is 2.37. The molecule has 2 N–H and O–H groups in total. The van der Waals surface area contributed by atoms with Crippen molar-refractivity contribution in [3.63, 3.8) is 0 Å². The van der Waals surface area contributed by atoms with Gasteiger partial charge in [0, 0.05) is 0 Å². The minimum atomic E-state index is -3.35. The fourth-order valence-corrected chi connectivity index (χ4v) is 1.98. The molecule has 0 bridgehead atoms. The normalized spacial score (nSPS) is 39.4. The largest absolute Gasteiger partial charge is 0.360 e. The van der Waals surface area contributed by atoms with E-state index in [-0.39, 0.29) is 0 Å². The summed E-state index contributed by atoms with van der Waals surface area (Å²) in [6, 6.07) is 0. The molecular formula is C6H8F4O3S. The van der Waals surface area contributed by atoms with E-state index in [4.69, 9.17) is 10.2 Å². The lowest BCUT2D eigenvalue weighted by Gasteiger charge is -2.40. The van der Waals surface area contributed by atoms with Crippen LogP contribution in [0.1, 0.15) is 0 Å². The van der Waals surface area contributed by atoms with Gasteiger partial charge < -0.3 is 14.9 Å². The lowest BCUT2D eigenvalue weighted by Crippen LogP contribution is -2.58. The topological polar surface area (TPSA) is 49.7 Å². The van der Waals surface area contributed by atoms with E-state index in [0.29, 0.717) is 11.8 Å². The summed E-state index contributed by atoms with van der Waals surface area (Å²) >= 11 is 0.580. The number of hydrogen-bond donors (Lipinski definition) is 2. The highest BCUT2D eigenvalue weighted by atomic mass is 32.2. The molecule has 84 valence electrons. The third-order valence-corrected chi connectivity index (χ3v) is 2.89. The summed E-state index contributed by atoms with van der Waals surface area (Å²) in [5.41, 5.74) is 0. The summed E-state index contributed by atoms with van der Waals surface area (Å²) in [6.07, 6.45) is -6.69. The molecule has 1 aliphatic heterocycles. The first-order chi connectivity index (χ1) is 6.30. The van der Waals surface area contributed by atoms with Gasteiger partial charge in [-0.05, 0) is 0 Å². The molecule has 2 unspecified atom stereocenters. The molecule has 0 aromatic rings. The molecule has 3 nitrogen and oxygen atoms in total. The van der Waals surface area contributed by atoms with E-state index < -0.39 is 35.9 Å². The van der Waals surface area contributed by atoms with Crippen LogP contribution in [-0.2, 0) is 4.74 Å². The van der Waals surface area contributed by atoms with Crippen molar-refractivity contribution in [1.82, 2.24) is 0 Å². The molecule has 1 heterocycles. The zero-order chi connectivity index (χ0) is 11.0. The van der Waals surface area contributed by atoms with E-state index in [2.05, 4.69) is 4.74 Å². The van der Waals surface area contributed by atoms with E-state index in [0.717, 1.165) is 0 Å². The zero-order valence-corrected chi connectivity index (χ0v) is 7.61. The predicted molar refractivity (Wildman–Crippen MR) is 40.3 cm³/mol. The molecule has 0 saturated carbocycles. The SMILES string of the molecule is OC1(C(F)F)CSCC(O)(C(F)F)O1. The van der Waals surface area contributed by atoms with E-state index in [1.54, 1.807) is 0 Å². The van der Waals surface area contributed by atoms with Crippen molar-refractivity contribution < 1.29 is 32.5 Å². The first-order valence-corrected chi connectivity index (χ1v) is 4.74. The standard InChI is InChI=1S/C6H8F4O3S/c7-3(8)5(11)1-14-2-6(12,13-5)4(9)10/h3-4,11-12H,1-2H2. The summed E-state index contributed by atoms with van der Waals surface area (Å²) in [7, 11) is 0. The molecule has 0 aliphatic carbocycles. The van der Waals surface area contributed by atoms with Crippen molar-refractivity contribution in [2.75, 3.05) is 11.5 Å². The first kappa shape index (κ1) is 12.0. The van der Waals surface area contributed by atoms with Gasteiger partial charge in [0.2, 0.25) is 11.6 Å². The Morgan fingerprint density at radius 1 is 1.00 bits per heavy atom. The van der Waals surface area contributed by atoms with Gasteiger partial charge in [-0.25, -0.2) is 17.6 Å². The molecule has 0 radical (unpaired) electrons. The maximum atomic E-state index is 12.2. The maximum absolute atomic E-state index is 12.2. The Hall–Kier alpha value is -0.0500. The summed E-state index contributed by atoms with van der Waals surface area (Å²) in [6.45, 7) is 0. The van der Waals surface area contributed by atoms with Crippen molar-refractivity contribution in [2.24, 2.45) is 0 Å². The van der Waals surface area contributed by atoms with Crippen LogP contribution in [0.15, 0.2) is 0 Å². The number of rotatable bonds is 2. The van der Waals surface area contributed by atoms with Crippen LogP contribution in [0.5, 0.6) is 0 Å². The van der Waals surface area contributed by atoms with Crippen molar-refractivity contribution in [2.45, 2.75) is 24.4 Å². The molecular weight excluding hydrogens is 228 g/mol. The molecule has 2 atom stereocenters. The smallest absolute Gasteiger partial charge is 0.292 e. The third-order valence-electron chi connectivity index (χ3n) is 1.65. The van der Waals surface area contributed by atoms with E-state index in [9.17, 15) is 17.6 Å². The molecule has 8 heteroatoms. The van der Waals surface area contributed by atoms with Gasteiger partial charge in [0.25, 0.3) is 12.9 Å². The van der Waals surface area contributed by atoms with Crippen LogP contribution in [-0.4, -0.2) is 46.1 Å². The van der Waals surface area contributed by atoms with Gasteiger partial charge in [-0.15, -0.1) is 0 Å². The molecule has 1 saturated heterocycles. The number of ether oxygens (including phenoxy) is 1. The average molecular weight is 236 g/mol. The second-order valence-corrected chi connectivity index (χ2v) is 3.87. The number of aliphatic hydroxyl groups is 2. The minimum Gasteiger partial charge on any atom is -0.360 e. The lowest BCUT2D eigenvalue weighted by atomic mass is 10.2. The van der Waals surface area contributed by atoms with Crippen LogP contribution in [0.2, 0.25) is 0 Å². The number of alkyl halides is 4. The van der Waals surface area contributed by atoms with Gasteiger partial charge in [-0.1, -0.05) is 0 Å². The average Bonchev–Trinajstić information content (AvgIpc) is 2.03. The molecule has 1 rings (SSSR count). The van der Waals surface area contributed by atoms with E-state index in [1.165, 1.54) is 0 Å². The summed E-state index contributed by atoms with van der Waals surface area (Å²) < 4.78 is 52.6. The van der Waals surface area contributed by atoms with Crippen LogP contribution >= 0.6 is 11.8 Å².